The van der Waals surface area contributed by atoms with Crippen molar-refractivity contribution in [3.05, 3.63) is 35.4 Å². The number of nitrogens with two attached hydrogens (primary N) is 1. The largest absolute Gasteiger partial charge is 0.322 e. The summed E-state index contributed by atoms with van der Waals surface area (Å²) in [5.74, 6) is 0. The Morgan fingerprint density at radius 3 is 2.00 bits per heavy atom. The number of halogens is 1. The van der Waals surface area contributed by atoms with Gasteiger partial charge in [-0.25, -0.2) is 4.39 Å². The van der Waals surface area contributed by atoms with Crippen LogP contribution < -0.4 is 5.73 Å². The average molecular weight is 195 g/mol. The maximum absolute atomic E-state index is 13.6. The van der Waals surface area contributed by atoms with Crippen molar-refractivity contribution in [2.75, 3.05) is 0 Å². The van der Waals surface area contributed by atoms with Gasteiger partial charge in [-0.2, -0.15) is 0 Å². The summed E-state index contributed by atoms with van der Waals surface area (Å²) in [6, 6.07) is 7.39. The first-order chi connectivity index (χ1) is 6.21. The maximum atomic E-state index is 13.6. The molecule has 78 valence electrons. The molecule has 2 heteroatoms. The van der Waals surface area contributed by atoms with Gasteiger partial charge < -0.3 is 5.73 Å². The fraction of sp³-hybridized carbons (Fsp3) is 0.500. The van der Waals surface area contributed by atoms with Crippen LogP contribution >= 0.6 is 0 Å². The molecule has 0 unspecified atom stereocenters. The first-order valence-corrected chi connectivity index (χ1v) is 4.80. The molecular weight excluding hydrogens is 177 g/mol. The van der Waals surface area contributed by atoms with Gasteiger partial charge in [0.15, 0.2) is 0 Å². The zero-order valence-electron chi connectivity index (χ0n) is 9.26. The van der Waals surface area contributed by atoms with Crippen LogP contribution in [0.2, 0.25) is 0 Å². The zero-order chi connectivity index (χ0) is 11.0. The van der Waals surface area contributed by atoms with Crippen LogP contribution in [0.1, 0.15) is 38.8 Å². The van der Waals surface area contributed by atoms with E-state index in [-0.39, 0.29) is 0 Å². The first-order valence-electron chi connectivity index (χ1n) is 4.80. The van der Waals surface area contributed by atoms with Gasteiger partial charge in [0.1, 0.15) is 5.67 Å². The van der Waals surface area contributed by atoms with Crippen molar-refractivity contribution in [2.45, 2.75) is 38.9 Å². The van der Waals surface area contributed by atoms with E-state index in [2.05, 4.69) is 0 Å². The molecule has 0 heterocycles. The SMILES string of the molecule is CC(C)(N)c1cccc(C(C)(C)F)c1. The quantitative estimate of drug-likeness (QED) is 0.771. The second kappa shape index (κ2) is 3.35. The highest BCUT2D eigenvalue weighted by Gasteiger charge is 2.21. The normalized spacial score (nSPS) is 13.0. The third kappa shape index (κ3) is 2.55. The van der Waals surface area contributed by atoms with Crippen LogP contribution in [0.4, 0.5) is 4.39 Å². The Morgan fingerprint density at radius 2 is 1.57 bits per heavy atom. The van der Waals surface area contributed by atoms with Gasteiger partial charge in [-0.15, -0.1) is 0 Å². The summed E-state index contributed by atoms with van der Waals surface area (Å²) >= 11 is 0. The van der Waals surface area contributed by atoms with Gasteiger partial charge in [-0.05, 0) is 38.8 Å². The van der Waals surface area contributed by atoms with Crippen molar-refractivity contribution in [1.82, 2.24) is 0 Å². The molecule has 0 aromatic heterocycles. The minimum atomic E-state index is -1.30. The minimum Gasteiger partial charge on any atom is -0.322 e. The van der Waals surface area contributed by atoms with E-state index in [0.717, 1.165) is 5.56 Å². The van der Waals surface area contributed by atoms with Crippen molar-refractivity contribution in [1.29, 1.82) is 0 Å². The molecule has 0 aliphatic carbocycles. The van der Waals surface area contributed by atoms with Crippen LogP contribution in [0.25, 0.3) is 0 Å². The number of alkyl halides is 1. The topological polar surface area (TPSA) is 26.0 Å². The lowest BCUT2D eigenvalue weighted by atomic mass is 9.90. The summed E-state index contributed by atoms with van der Waals surface area (Å²) in [6.45, 7) is 6.93. The van der Waals surface area contributed by atoms with Crippen molar-refractivity contribution < 1.29 is 4.39 Å². The summed E-state index contributed by atoms with van der Waals surface area (Å²) in [5, 5.41) is 0. The average Bonchev–Trinajstić information content (AvgIpc) is 2.01. The molecule has 1 nitrogen and oxygen atoms in total. The standard InChI is InChI=1S/C12H18FN/c1-11(2,13)9-6-5-7-10(8-9)12(3,4)14/h5-8H,14H2,1-4H3. The molecule has 2 N–H and O–H groups in total. The molecule has 0 amide bonds. The predicted octanol–water partition coefficient (Wildman–Crippen LogP) is 3.09. The lowest BCUT2D eigenvalue weighted by Gasteiger charge is -2.22. The van der Waals surface area contributed by atoms with Crippen LogP contribution in [0.5, 0.6) is 0 Å². The molecule has 0 aliphatic rings. The van der Waals surface area contributed by atoms with Gasteiger partial charge in [-0.3, -0.25) is 0 Å². The molecule has 0 aliphatic heterocycles. The summed E-state index contributed by atoms with van der Waals surface area (Å²) in [4.78, 5) is 0. The van der Waals surface area contributed by atoms with E-state index in [4.69, 9.17) is 5.73 Å². The Morgan fingerprint density at radius 1 is 1.07 bits per heavy atom. The van der Waals surface area contributed by atoms with E-state index in [9.17, 15) is 4.39 Å². The minimum absolute atomic E-state index is 0.415. The van der Waals surface area contributed by atoms with Crippen molar-refractivity contribution in [3.8, 4) is 0 Å². The molecule has 0 spiro atoms. The van der Waals surface area contributed by atoms with E-state index < -0.39 is 11.2 Å². The molecule has 0 radical (unpaired) electrons. The van der Waals surface area contributed by atoms with Gasteiger partial charge >= 0.3 is 0 Å². The van der Waals surface area contributed by atoms with E-state index in [1.54, 1.807) is 19.9 Å². The van der Waals surface area contributed by atoms with Crippen molar-refractivity contribution in [3.63, 3.8) is 0 Å². The monoisotopic (exact) mass is 195 g/mol. The first kappa shape index (κ1) is 11.2. The van der Waals surface area contributed by atoms with Crippen LogP contribution in [-0.2, 0) is 11.2 Å². The number of hydrogen-bond acceptors (Lipinski definition) is 1. The molecule has 1 aromatic carbocycles. The fourth-order valence-corrected chi connectivity index (χ4v) is 1.29. The van der Waals surface area contributed by atoms with Gasteiger partial charge in [0.05, 0.1) is 0 Å². The molecule has 1 rings (SSSR count). The van der Waals surface area contributed by atoms with Gasteiger partial charge in [-0.1, -0.05) is 24.3 Å². The summed E-state index contributed by atoms with van der Waals surface area (Å²) < 4.78 is 13.6. The Kier molecular flexibility index (Phi) is 2.68. The van der Waals surface area contributed by atoms with E-state index in [1.165, 1.54) is 0 Å². The smallest absolute Gasteiger partial charge is 0.130 e. The molecule has 0 saturated heterocycles. The summed E-state index contributed by atoms with van der Waals surface area (Å²) in [6.07, 6.45) is 0. The van der Waals surface area contributed by atoms with Gasteiger partial charge in [0.25, 0.3) is 0 Å². The van der Waals surface area contributed by atoms with E-state index in [1.807, 2.05) is 32.0 Å². The molecule has 1 aromatic rings. The molecule has 0 atom stereocenters. The molecule has 0 fully saturated rings. The lowest BCUT2D eigenvalue weighted by Crippen LogP contribution is -2.29. The van der Waals surface area contributed by atoms with Crippen LogP contribution in [0.15, 0.2) is 24.3 Å². The van der Waals surface area contributed by atoms with E-state index >= 15 is 0 Å². The maximum Gasteiger partial charge on any atom is 0.130 e. The Hall–Kier alpha value is -0.890. The molecular formula is C12H18FN. The number of benzene rings is 1. The van der Waals surface area contributed by atoms with Crippen LogP contribution in [0, 0.1) is 0 Å². The molecule has 14 heavy (non-hydrogen) atoms. The molecule has 0 saturated carbocycles. The predicted molar refractivity (Wildman–Crippen MR) is 57.8 cm³/mol. The molecule has 0 bridgehead atoms. The fourth-order valence-electron chi connectivity index (χ4n) is 1.29. The Labute approximate surface area is 85.1 Å². The second-order valence-corrected chi connectivity index (χ2v) is 4.77. The zero-order valence-corrected chi connectivity index (χ0v) is 9.26. The highest BCUT2D eigenvalue weighted by Crippen LogP contribution is 2.27. The highest BCUT2D eigenvalue weighted by molar-refractivity contribution is 5.31. The highest BCUT2D eigenvalue weighted by atomic mass is 19.1. The Bertz CT molecular complexity index is 289. The lowest BCUT2D eigenvalue weighted by molar-refractivity contribution is 0.221. The Balaban J connectivity index is 3.15. The summed E-state index contributed by atoms with van der Waals surface area (Å²) in [5.41, 5.74) is 5.86. The number of rotatable bonds is 2. The second-order valence-electron chi connectivity index (χ2n) is 4.77. The third-order valence-corrected chi connectivity index (χ3v) is 2.29. The van der Waals surface area contributed by atoms with Gasteiger partial charge in [0, 0.05) is 5.54 Å². The van der Waals surface area contributed by atoms with Crippen LogP contribution in [-0.4, -0.2) is 0 Å². The third-order valence-electron chi connectivity index (χ3n) is 2.29. The van der Waals surface area contributed by atoms with Crippen LogP contribution in [0.3, 0.4) is 0 Å². The van der Waals surface area contributed by atoms with Crippen molar-refractivity contribution in [2.24, 2.45) is 5.73 Å². The number of hydrogen-bond donors (Lipinski definition) is 1. The van der Waals surface area contributed by atoms with Gasteiger partial charge in [0.2, 0.25) is 0 Å². The van der Waals surface area contributed by atoms with Crippen molar-refractivity contribution >= 4 is 0 Å². The summed E-state index contributed by atoms with van der Waals surface area (Å²) in [7, 11) is 0. The van der Waals surface area contributed by atoms with E-state index in [0.29, 0.717) is 5.56 Å².